The van der Waals surface area contributed by atoms with E-state index in [9.17, 15) is 9.59 Å². The Kier molecular flexibility index (Phi) is 6.35. The fourth-order valence-corrected chi connectivity index (χ4v) is 4.72. The molecule has 6 nitrogen and oxygen atoms in total. The highest BCUT2D eigenvalue weighted by molar-refractivity contribution is 6.74. The summed E-state index contributed by atoms with van der Waals surface area (Å²) in [6.07, 6.45) is 3.44. The van der Waals surface area contributed by atoms with Crippen LogP contribution in [0, 0.1) is 5.92 Å². The molecule has 2 heterocycles. The predicted octanol–water partition coefficient (Wildman–Crippen LogP) is 3.09. The number of β-lactam (4-membered cyclic amide) rings is 1. The molecule has 0 aliphatic carbocycles. The fraction of sp³-hybridized carbons (Fsp3) is 0.789. The Bertz CT molecular complexity index is 569. The highest BCUT2D eigenvalue weighted by atomic mass is 28.4. The van der Waals surface area contributed by atoms with E-state index in [1.165, 1.54) is 4.90 Å². The van der Waals surface area contributed by atoms with Crippen molar-refractivity contribution in [2.24, 2.45) is 5.92 Å². The molecule has 0 bridgehead atoms. The lowest BCUT2D eigenvalue weighted by molar-refractivity contribution is -0.203. The maximum absolute atomic E-state index is 12.9. The molecule has 0 spiro atoms. The van der Waals surface area contributed by atoms with Crippen molar-refractivity contribution >= 4 is 20.2 Å². The zero-order valence-corrected chi connectivity index (χ0v) is 18.1. The van der Waals surface area contributed by atoms with E-state index in [1.54, 1.807) is 6.92 Å². The molecule has 26 heavy (non-hydrogen) atoms. The lowest BCUT2D eigenvalue weighted by Crippen LogP contribution is -2.70. The Morgan fingerprint density at radius 2 is 2.04 bits per heavy atom. The van der Waals surface area contributed by atoms with Crippen LogP contribution < -0.4 is 0 Å². The highest BCUT2D eigenvalue weighted by Gasteiger charge is 2.56. The standard InChI is InChI=1S/C19H33NO5Si/c1-8-23-18(22)17-20-14(11-9-10-12-24-17)15(16(20)21)13(2)25-26(6,7)19(3,4)5/h9-10,13-15,17H,8,11-12H2,1-7H3/b10-9-/t13-,14-,15-,17+/m1/s1. The van der Waals surface area contributed by atoms with Crippen molar-refractivity contribution in [1.29, 1.82) is 0 Å². The van der Waals surface area contributed by atoms with Crippen LogP contribution in [0.15, 0.2) is 12.2 Å². The number of carbonyl (C=O) groups excluding carboxylic acids is 2. The first-order chi connectivity index (χ1) is 12.0. The topological polar surface area (TPSA) is 65.1 Å². The fourth-order valence-electron chi connectivity index (χ4n) is 3.29. The SMILES string of the molecule is CCOC(=O)[C@@H]1OC/C=C\C[C@@H]2[C@@H]([C@@H](C)O[Si](C)(C)C(C)(C)C)C(=O)N21. The van der Waals surface area contributed by atoms with E-state index < -0.39 is 20.5 Å². The molecule has 0 aromatic heterocycles. The quantitative estimate of drug-likeness (QED) is 0.316. The first kappa shape index (κ1) is 21.1. The van der Waals surface area contributed by atoms with Gasteiger partial charge in [0.15, 0.2) is 8.32 Å². The molecule has 2 rings (SSSR count). The van der Waals surface area contributed by atoms with Crippen LogP contribution >= 0.6 is 0 Å². The maximum atomic E-state index is 12.9. The van der Waals surface area contributed by atoms with Crippen LogP contribution in [0.1, 0.15) is 41.0 Å². The van der Waals surface area contributed by atoms with E-state index in [4.69, 9.17) is 13.9 Å². The zero-order chi connectivity index (χ0) is 19.7. The minimum atomic E-state index is -1.98. The van der Waals surface area contributed by atoms with Gasteiger partial charge in [0.05, 0.1) is 31.3 Å². The maximum Gasteiger partial charge on any atom is 0.356 e. The number of esters is 1. The molecule has 0 N–H and O–H groups in total. The Balaban J connectivity index is 2.18. The van der Waals surface area contributed by atoms with Crippen molar-refractivity contribution in [2.45, 2.75) is 77.5 Å². The number of carbonyl (C=O) groups is 2. The molecule has 4 atom stereocenters. The molecule has 0 saturated carbocycles. The second kappa shape index (κ2) is 7.82. The molecule has 7 heteroatoms. The normalized spacial score (nSPS) is 29.1. The molecule has 0 unspecified atom stereocenters. The Morgan fingerprint density at radius 1 is 1.38 bits per heavy atom. The predicted molar refractivity (Wildman–Crippen MR) is 102 cm³/mol. The third-order valence-corrected chi connectivity index (χ3v) is 10.3. The number of fused-ring (bicyclic) bond motifs is 1. The lowest BCUT2D eigenvalue weighted by Gasteiger charge is -2.53. The summed E-state index contributed by atoms with van der Waals surface area (Å²) < 4.78 is 17.1. The average molecular weight is 384 g/mol. The van der Waals surface area contributed by atoms with E-state index in [-0.39, 0.29) is 35.6 Å². The minimum Gasteiger partial charge on any atom is -0.463 e. The van der Waals surface area contributed by atoms with Crippen molar-refractivity contribution in [1.82, 2.24) is 4.90 Å². The van der Waals surface area contributed by atoms with E-state index in [0.717, 1.165) is 0 Å². The van der Waals surface area contributed by atoms with Crippen LogP contribution in [0.5, 0.6) is 0 Å². The minimum absolute atomic E-state index is 0.0746. The summed E-state index contributed by atoms with van der Waals surface area (Å²) in [5.41, 5.74) is 0. The Labute approximate surface area is 158 Å². The van der Waals surface area contributed by atoms with Gasteiger partial charge in [-0.25, -0.2) is 4.79 Å². The summed E-state index contributed by atoms with van der Waals surface area (Å²) in [6, 6.07) is -0.103. The van der Waals surface area contributed by atoms with E-state index >= 15 is 0 Å². The summed E-state index contributed by atoms with van der Waals surface area (Å²) in [4.78, 5) is 26.7. The number of nitrogens with zero attached hydrogens (tertiary/aromatic N) is 1. The van der Waals surface area contributed by atoms with Crippen molar-refractivity contribution in [3.8, 4) is 0 Å². The van der Waals surface area contributed by atoms with E-state index in [2.05, 4.69) is 33.9 Å². The first-order valence-electron chi connectivity index (χ1n) is 9.44. The largest absolute Gasteiger partial charge is 0.463 e. The van der Waals surface area contributed by atoms with Crippen LogP contribution in [0.2, 0.25) is 18.1 Å². The third kappa shape index (κ3) is 4.04. The summed E-state index contributed by atoms with van der Waals surface area (Å²) in [7, 11) is -1.98. The summed E-state index contributed by atoms with van der Waals surface area (Å²) in [6.45, 7) is 15.2. The Hall–Kier alpha value is -1.18. The van der Waals surface area contributed by atoms with Gasteiger partial charge in [-0.2, -0.15) is 0 Å². The summed E-state index contributed by atoms with van der Waals surface area (Å²) in [5.74, 6) is -0.848. The molecule has 2 aliphatic rings. The van der Waals surface area contributed by atoms with Crippen LogP contribution in [0.4, 0.5) is 0 Å². The molecule has 0 aromatic rings. The number of hydrogen-bond acceptors (Lipinski definition) is 5. The molecule has 1 amide bonds. The van der Waals surface area contributed by atoms with Gasteiger partial charge in [0.1, 0.15) is 0 Å². The Morgan fingerprint density at radius 3 is 2.62 bits per heavy atom. The molecule has 1 fully saturated rings. The molecule has 0 radical (unpaired) electrons. The van der Waals surface area contributed by atoms with Crippen LogP contribution in [-0.4, -0.2) is 56.7 Å². The van der Waals surface area contributed by atoms with Gasteiger partial charge >= 0.3 is 5.97 Å². The second-order valence-electron chi connectivity index (χ2n) is 8.57. The van der Waals surface area contributed by atoms with Crippen molar-refractivity contribution in [2.75, 3.05) is 13.2 Å². The molecular weight excluding hydrogens is 350 g/mol. The molecule has 148 valence electrons. The van der Waals surface area contributed by atoms with E-state index in [1.807, 2.05) is 19.1 Å². The van der Waals surface area contributed by atoms with Crippen LogP contribution in [0.3, 0.4) is 0 Å². The monoisotopic (exact) mass is 383 g/mol. The van der Waals surface area contributed by atoms with Gasteiger partial charge in [-0.3, -0.25) is 4.79 Å². The van der Waals surface area contributed by atoms with Gasteiger partial charge in [-0.05, 0) is 38.4 Å². The van der Waals surface area contributed by atoms with Gasteiger partial charge in [-0.15, -0.1) is 0 Å². The number of hydrogen-bond donors (Lipinski definition) is 0. The second-order valence-corrected chi connectivity index (χ2v) is 13.3. The first-order valence-corrected chi connectivity index (χ1v) is 12.4. The molecular formula is C19H33NO5Si. The van der Waals surface area contributed by atoms with Crippen LogP contribution in [0.25, 0.3) is 0 Å². The van der Waals surface area contributed by atoms with Crippen molar-refractivity contribution in [3.63, 3.8) is 0 Å². The summed E-state index contributed by atoms with van der Waals surface area (Å²) in [5, 5.41) is 0.0746. The molecule has 0 aromatic carbocycles. The van der Waals surface area contributed by atoms with Gasteiger partial charge in [-0.1, -0.05) is 32.9 Å². The number of rotatable bonds is 5. The highest BCUT2D eigenvalue weighted by Crippen LogP contribution is 2.42. The van der Waals surface area contributed by atoms with Gasteiger partial charge < -0.3 is 18.8 Å². The number of ether oxygens (including phenoxy) is 2. The van der Waals surface area contributed by atoms with Crippen LogP contribution in [-0.2, 0) is 23.5 Å². The lowest BCUT2D eigenvalue weighted by atomic mass is 9.80. The molecule has 1 saturated heterocycles. The molecule has 2 aliphatic heterocycles. The smallest absolute Gasteiger partial charge is 0.356 e. The van der Waals surface area contributed by atoms with Crippen molar-refractivity contribution in [3.05, 3.63) is 12.2 Å². The average Bonchev–Trinajstić information content (AvgIpc) is 2.47. The third-order valence-electron chi connectivity index (χ3n) is 5.74. The number of amides is 1. The summed E-state index contributed by atoms with van der Waals surface area (Å²) >= 11 is 0. The van der Waals surface area contributed by atoms with Crippen molar-refractivity contribution < 1.29 is 23.5 Å². The zero-order valence-electron chi connectivity index (χ0n) is 17.1. The van der Waals surface area contributed by atoms with Gasteiger partial charge in [0, 0.05) is 0 Å². The van der Waals surface area contributed by atoms with Gasteiger partial charge in [0.2, 0.25) is 12.1 Å². The van der Waals surface area contributed by atoms with E-state index in [0.29, 0.717) is 13.0 Å². The van der Waals surface area contributed by atoms with Gasteiger partial charge in [0.25, 0.3) is 0 Å².